The molecule has 2 heterocycles. The molecule has 0 fully saturated rings. The Morgan fingerprint density at radius 2 is 2.05 bits per heavy atom. The Labute approximate surface area is 134 Å². The van der Waals surface area contributed by atoms with Crippen molar-refractivity contribution >= 4 is 15.9 Å². The SMILES string of the molecule is Cc1cc(CNCC(C)C)cnc1Oc1cncc(Br)c1. The van der Waals surface area contributed by atoms with Gasteiger partial charge in [0.05, 0.1) is 6.20 Å². The number of nitrogens with zero attached hydrogens (tertiary/aromatic N) is 2. The van der Waals surface area contributed by atoms with Gasteiger partial charge in [-0.1, -0.05) is 13.8 Å². The maximum Gasteiger partial charge on any atom is 0.222 e. The van der Waals surface area contributed by atoms with E-state index in [9.17, 15) is 0 Å². The van der Waals surface area contributed by atoms with Crippen LogP contribution in [0.2, 0.25) is 0 Å². The lowest BCUT2D eigenvalue weighted by Gasteiger charge is -2.10. The van der Waals surface area contributed by atoms with Crippen molar-refractivity contribution in [2.24, 2.45) is 5.92 Å². The summed E-state index contributed by atoms with van der Waals surface area (Å²) in [6.07, 6.45) is 5.24. The van der Waals surface area contributed by atoms with Crippen molar-refractivity contribution in [3.63, 3.8) is 0 Å². The van der Waals surface area contributed by atoms with Crippen LogP contribution in [0.5, 0.6) is 11.6 Å². The highest BCUT2D eigenvalue weighted by atomic mass is 79.9. The number of halogens is 1. The van der Waals surface area contributed by atoms with Gasteiger partial charge in [-0.2, -0.15) is 0 Å². The Kier molecular flexibility index (Phi) is 5.70. The lowest BCUT2D eigenvalue weighted by atomic mass is 10.2. The summed E-state index contributed by atoms with van der Waals surface area (Å²) in [5.74, 6) is 1.93. The molecular weight excluding hydrogens is 330 g/mol. The quantitative estimate of drug-likeness (QED) is 0.853. The van der Waals surface area contributed by atoms with Gasteiger partial charge >= 0.3 is 0 Å². The van der Waals surface area contributed by atoms with Crippen molar-refractivity contribution in [3.8, 4) is 11.6 Å². The third-order valence-corrected chi connectivity index (χ3v) is 3.30. The smallest absolute Gasteiger partial charge is 0.222 e. The van der Waals surface area contributed by atoms with E-state index in [2.05, 4.69) is 51.1 Å². The van der Waals surface area contributed by atoms with E-state index in [-0.39, 0.29) is 0 Å². The molecule has 0 amide bonds. The Balaban J connectivity index is 2.02. The van der Waals surface area contributed by atoms with Crippen molar-refractivity contribution < 1.29 is 4.74 Å². The molecule has 0 unspecified atom stereocenters. The van der Waals surface area contributed by atoms with Crippen molar-refractivity contribution in [2.75, 3.05) is 6.54 Å². The Bertz CT molecular complexity index is 602. The molecule has 0 aliphatic rings. The highest BCUT2D eigenvalue weighted by molar-refractivity contribution is 9.10. The summed E-state index contributed by atoms with van der Waals surface area (Å²) in [6, 6.07) is 3.97. The summed E-state index contributed by atoms with van der Waals surface area (Å²) < 4.78 is 6.65. The van der Waals surface area contributed by atoms with E-state index in [1.807, 2.05) is 19.2 Å². The minimum absolute atomic E-state index is 0.613. The van der Waals surface area contributed by atoms with Crippen LogP contribution in [-0.2, 0) is 6.54 Å². The third kappa shape index (κ3) is 5.10. The molecular formula is C16H20BrN3O. The first-order chi connectivity index (χ1) is 10.0. The van der Waals surface area contributed by atoms with Crippen molar-refractivity contribution in [1.82, 2.24) is 15.3 Å². The van der Waals surface area contributed by atoms with E-state index in [0.29, 0.717) is 17.5 Å². The molecule has 0 spiro atoms. The van der Waals surface area contributed by atoms with Crippen LogP contribution < -0.4 is 10.1 Å². The zero-order valence-corrected chi connectivity index (χ0v) is 14.1. The zero-order chi connectivity index (χ0) is 15.2. The molecule has 0 aromatic carbocycles. The summed E-state index contributed by atoms with van der Waals surface area (Å²) in [6.45, 7) is 8.21. The molecule has 4 nitrogen and oxygen atoms in total. The van der Waals surface area contributed by atoms with Gasteiger partial charge in [-0.05, 0) is 53.0 Å². The average Bonchev–Trinajstić information content (AvgIpc) is 2.41. The fourth-order valence-electron chi connectivity index (χ4n) is 1.89. The van der Waals surface area contributed by atoms with Crippen LogP contribution in [0, 0.1) is 12.8 Å². The van der Waals surface area contributed by atoms with Gasteiger partial charge < -0.3 is 10.1 Å². The molecule has 0 atom stereocenters. The van der Waals surface area contributed by atoms with Gasteiger partial charge in [0.1, 0.15) is 5.75 Å². The highest BCUT2D eigenvalue weighted by Gasteiger charge is 2.06. The van der Waals surface area contributed by atoms with Crippen LogP contribution in [0.4, 0.5) is 0 Å². The fraction of sp³-hybridized carbons (Fsp3) is 0.375. The second kappa shape index (κ2) is 7.52. The van der Waals surface area contributed by atoms with E-state index in [4.69, 9.17) is 4.74 Å². The van der Waals surface area contributed by atoms with Crippen LogP contribution in [0.1, 0.15) is 25.0 Å². The number of aryl methyl sites for hydroxylation is 1. The van der Waals surface area contributed by atoms with Crippen LogP contribution in [0.15, 0.2) is 35.2 Å². The number of ether oxygens (including phenoxy) is 1. The highest BCUT2D eigenvalue weighted by Crippen LogP contribution is 2.24. The molecule has 0 saturated carbocycles. The Hall–Kier alpha value is -1.46. The van der Waals surface area contributed by atoms with E-state index in [0.717, 1.165) is 28.7 Å². The topological polar surface area (TPSA) is 47.0 Å². The number of hydrogen-bond donors (Lipinski definition) is 1. The molecule has 1 N–H and O–H groups in total. The summed E-state index contributed by atoms with van der Waals surface area (Å²) in [4.78, 5) is 8.47. The molecule has 0 saturated heterocycles. The predicted octanol–water partition coefficient (Wildman–Crippen LogP) is 4.09. The predicted molar refractivity (Wildman–Crippen MR) is 87.5 cm³/mol. The monoisotopic (exact) mass is 349 g/mol. The molecule has 0 aliphatic heterocycles. The Morgan fingerprint density at radius 1 is 1.24 bits per heavy atom. The number of aromatic nitrogens is 2. The third-order valence-electron chi connectivity index (χ3n) is 2.86. The van der Waals surface area contributed by atoms with E-state index >= 15 is 0 Å². The lowest BCUT2D eigenvalue weighted by molar-refractivity contribution is 0.455. The van der Waals surface area contributed by atoms with Gasteiger partial charge in [-0.3, -0.25) is 4.98 Å². The molecule has 2 aromatic rings. The van der Waals surface area contributed by atoms with Crippen LogP contribution in [-0.4, -0.2) is 16.5 Å². The largest absolute Gasteiger partial charge is 0.437 e. The molecule has 0 radical (unpaired) electrons. The normalized spacial score (nSPS) is 10.9. The second-order valence-corrected chi connectivity index (χ2v) is 6.35. The molecule has 0 aliphatic carbocycles. The summed E-state index contributed by atoms with van der Waals surface area (Å²) >= 11 is 3.37. The van der Waals surface area contributed by atoms with E-state index in [1.165, 1.54) is 0 Å². The fourth-order valence-corrected chi connectivity index (χ4v) is 2.23. The number of pyridine rings is 2. The molecule has 5 heteroatoms. The van der Waals surface area contributed by atoms with Crippen LogP contribution in [0.3, 0.4) is 0 Å². The number of hydrogen-bond acceptors (Lipinski definition) is 4. The van der Waals surface area contributed by atoms with Gasteiger partial charge in [0.15, 0.2) is 0 Å². The summed E-state index contributed by atoms with van der Waals surface area (Å²) in [7, 11) is 0. The van der Waals surface area contributed by atoms with Crippen LogP contribution in [0.25, 0.3) is 0 Å². The van der Waals surface area contributed by atoms with Gasteiger partial charge in [0.2, 0.25) is 5.88 Å². The summed E-state index contributed by atoms with van der Waals surface area (Å²) in [5, 5.41) is 3.41. The standard InChI is InChI=1S/C16H20BrN3O/c1-11(2)6-18-7-13-4-12(3)16(20-8-13)21-15-5-14(17)9-19-10-15/h4-5,8-11,18H,6-7H2,1-3H3. The zero-order valence-electron chi connectivity index (χ0n) is 12.6. The van der Waals surface area contributed by atoms with Crippen molar-refractivity contribution in [1.29, 1.82) is 0 Å². The summed E-state index contributed by atoms with van der Waals surface area (Å²) in [5.41, 5.74) is 2.17. The van der Waals surface area contributed by atoms with Crippen molar-refractivity contribution in [2.45, 2.75) is 27.3 Å². The first-order valence-corrected chi connectivity index (χ1v) is 7.78. The van der Waals surface area contributed by atoms with E-state index in [1.54, 1.807) is 12.4 Å². The Morgan fingerprint density at radius 3 is 2.71 bits per heavy atom. The minimum atomic E-state index is 0.613. The maximum atomic E-state index is 5.76. The molecule has 0 bridgehead atoms. The number of nitrogens with one attached hydrogen (secondary N) is 1. The van der Waals surface area contributed by atoms with Crippen molar-refractivity contribution in [3.05, 3.63) is 46.3 Å². The molecule has 2 aromatic heterocycles. The van der Waals surface area contributed by atoms with Crippen LogP contribution >= 0.6 is 15.9 Å². The minimum Gasteiger partial charge on any atom is -0.437 e. The van der Waals surface area contributed by atoms with E-state index < -0.39 is 0 Å². The first kappa shape index (κ1) is 15.9. The first-order valence-electron chi connectivity index (χ1n) is 6.99. The average molecular weight is 350 g/mol. The van der Waals surface area contributed by atoms with Gasteiger partial charge in [0, 0.05) is 29.0 Å². The van der Waals surface area contributed by atoms with Gasteiger partial charge in [-0.25, -0.2) is 4.98 Å². The molecule has 112 valence electrons. The lowest BCUT2D eigenvalue weighted by Crippen LogP contribution is -2.19. The molecule has 2 rings (SSSR count). The van der Waals surface area contributed by atoms with Gasteiger partial charge in [-0.15, -0.1) is 0 Å². The maximum absolute atomic E-state index is 5.76. The number of rotatable bonds is 6. The van der Waals surface area contributed by atoms with Gasteiger partial charge in [0.25, 0.3) is 0 Å². The molecule has 21 heavy (non-hydrogen) atoms. The second-order valence-electron chi connectivity index (χ2n) is 5.43.